The van der Waals surface area contributed by atoms with Crippen molar-refractivity contribution in [2.24, 2.45) is 0 Å². The Kier molecular flexibility index (Phi) is 6.98. The summed E-state index contributed by atoms with van der Waals surface area (Å²) in [5, 5.41) is 2.67. The molecule has 2 aromatic rings. The summed E-state index contributed by atoms with van der Waals surface area (Å²) < 4.78 is 15.7. The van der Waals surface area contributed by atoms with Crippen molar-refractivity contribution >= 4 is 11.9 Å². The molecule has 0 fully saturated rings. The minimum absolute atomic E-state index is 0.162. The molecule has 1 atom stereocenters. The highest BCUT2D eigenvalue weighted by Gasteiger charge is 2.16. The molecule has 0 saturated heterocycles. The van der Waals surface area contributed by atoms with Gasteiger partial charge >= 0.3 is 5.97 Å². The van der Waals surface area contributed by atoms with Crippen LogP contribution in [0.25, 0.3) is 0 Å². The maximum Gasteiger partial charge on any atom is 0.342 e. The zero-order valence-electron chi connectivity index (χ0n) is 14.2. The smallest absolute Gasteiger partial charge is 0.342 e. The van der Waals surface area contributed by atoms with Gasteiger partial charge in [0.1, 0.15) is 17.1 Å². The number of methoxy groups -OCH3 is 1. The van der Waals surface area contributed by atoms with Crippen LogP contribution in [0.15, 0.2) is 54.6 Å². The molecule has 0 heterocycles. The van der Waals surface area contributed by atoms with Crippen molar-refractivity contribution < 1.29 is 23.8 Å². The Morgan fingerprint density at radius 3 is 2.44 bits per heavy atom. The molecule has 0 aromatic heterocycles. The number of benzene rings is 2. The lowest BCUT2D eigenvalue weighted by atomic mass is 10.2. The zero-order chi connectivity index (χ0) is 18.1. The third-order valence-corrected chi connectivity index (χ3v) is 3.24. The van der Waals surface area contributed by atoms with Crippen LogP contribution in [0, 0.1) is 0 Å². The van der Waals surface area contributed by atoms with E-state index < -0.39 is 5.97 Å². The Morgan fingerprint density at radius 1 is 1.04 bits per heavy atom. The van der Waals surface area contributed by atoms with E-state index in [2.05, 4.69) is 5.32 Å². The number of hydrogen-bond acceptors (Lipinski definition) is 5. The number of nitrogens with one attached hydrogen (secondary N) is 1. The van der Waals surface area contributed by atoms with Crippen molar-refractivity contribution in [2.45, 2.75) is 13.0 Å². The molecule has 0 bridgehead atoms. The summed E-state index contributed by atoms with van der Waals surface area (Å²) in [4.78, 5) is 24.0. The normalized spacial score (nSPS) is 11.4. The van der Waals surface area contributed by atoms with Gasteiger partial charge in [0.05, 0.1) is 6.61 Å². The molecule has 0 spiro atoms. The van der Waals surface area contributed by atoms with Crippen LogP contribution in [0.1, 0.15) is 17.3 Å². The lowest BCUT2D eigenvalue weighted by molar-refractivity contribution is -0.125. The molecule has 6 heteroatoms. The molecular weight excluding hydrogens is 322 g/mol. The number of para-hydroxylation sites is 2. The SMILES string of the molecule is COC[C@@H](C)NC(=O)COC(=O)c1ccccc1Oc1ccccc1. The maximum absolute atomic E-state index is 12.3. The number of amides is 1. The van der Waals surface area contributed by atoms with E-state index >= 15 is 0 Å². The van der Waals surface area contributed by atoms with Crippen LogP contribution >= 0.6 is 0 Å². The van der Waals surface area contributed by atoms with E-state index in [0.29, 0.717) is 18.1 Å². The molecule has 0 aliphatic heterocycles. The molecule has 0 radical (unpaired) electrons. The third kappa shape index (κ3) is 5.93. The first kappa shape index (κ1) is 18.5. The van der Waals surface area contributed by atoms with Crippen LogP contribution in [-0.4, -0.2) is 38.2 Å². The predicted molar refractivity (Wildman–Crippen MR) is 92.7 cm³/mol. The molecule has 0 aliphatic rings. The maximum atomic E-state index is 12.3. The second kappa shape index (κ2) is 9.44. The molecule has 2 aromatic carbocycles. The lowest BCUT2D eigenvalue weighted by Crippen LogP contribution is -2.38. The monoisotopic (exact) mass is 343 g/mol. The van der Waals surface area contributed by atoms with E-state index in [4.69, 9.17) is 14.2 Å². The van der Waals surface area contributed by atoms with Crippen molar-refractivity contribution in [1.82, 2.24) is 5.32 Å². The first-order valence-corrected chi connectivity index (χ1v) is 7.87. The fourth-order valence-corrected chi connectivity index (χ4v) is 2.16. The second-order valence-electron chi connectivity index (χ2n) is 5.41. The van der Waals surface area contributed by atoms with Gasteiger partial charge in [-0.15, -0.1) is 0 Å². The number of carbonyl (C=O) groups is 2. The van der Waals surface area contributed by atoms with Gasteiger partial charge in [-0.05, 0) is 31.2 Å². The van der Waals surface area contributed by atoms with E-state index in [-0.39, 0.29) is 24.1 Å². The first-order chi connectivity index (χ1) is 12.1. The summed E-state index contributed by atoms with van der Waals surface area (Å²) in [6, 6.07) is 15.7. The van der Waals surface area contributed by atoms with E-state index in [1.54, 1.807) is 50.4 Å². The zero-order valence-corrected chi connectivity index (χ0v) is 14.2. The highest BCUT2D eigenvalue weighted by atomic mass is 16.5. The summed E-state index contributed by atoms with van der Waals surface area (Å²) in [7, 11) is 1.55. The minimum atomic E-state index is -0.624. The molecule has 25 heavy (non-hydrogen) atoms. The average Bonchev–Trinajstić information content (AvgIpc) is 2.61. The van der Waals surface area contributed by atoms with Crippen LogP contribution in [0.5, 0.6) is 11.5 Å². The van der Waals surface area contributed by atoms with E-state index in [1.807, 2.05) is 18.2 Å². The molecule has 2 rings (SSSR count). The molecule has 1 N–H and O–H groups in total. The van der Waals surface area contributed by atoms with E-state index in [1.165, 1.54) is 0 Å². The van der Waals surface area contributed by atoms with Crippen molar-refractivity contribution in [2.75, 3.05) is 20.3 Å². The van der Waals surface area contributed by atoms with E-state index in [0.717, 1.165) is 0 Å². The standard InChI is InChI=1S/C19H21NO5/c1-14(12-23-2)20-18(21)13-24-19(22)16-10-6-7-11-17(16)25-15-8-4-3-5-9-15/h3-11,14H,12-13H2,1-2H3,(H,20,21)/t14-/m1/s1. The molecule has 0 saturated carbocycles. The highest BCUT2D eigenvalue weighted by molar-refractivity contribution is 5.94. The molecule has 1 amide bonds. The van der Waals surface area contributed by atoms with E-state index in [9.17, 15) is 9.59 Å². The topological polar surface area (TPSA) is 73.9 Å². The van der Waals surface area contributed by atoms with Gasteiger partial charge in [0, 0.05) is 13.2 Å². The molecule has 6 nitrogen and oxygen atoms in total. The summed E-state index contributed by atoms with van der Waals surface area (Å²) >= 11 is 0. The Morgan fingerprint density at radius 2 is 1.72 bits per heavy atom. The number of ether oxygens (including phenoxy) is 3. The Hall–Kier alpha value is -2.86. The Bertz CT molecular complexity index is 702. The van der Waals surface area contributed by atoms with Crippen LogP contribution in [0.4, 0.5) is 0 Å². The van der Waals surface area contributed by atoms with Crippen LogP contribution in [0.3, 0.4) is 0 Å². The molecule has 0 aliphatic carbocycles. The fraction of sp³-hybridized carbons (Fsp3) is 0.263. The predicted octanol–water partition coefficient (Wildman–Crippen LogP) is 2.79. The third-order valence-electron chi connectivity index (χ3n) is 3.24. The number of carbonyl (C=O) groups excluding carboxylic acids is 2. The lowest BCUT2D eigenvalue weighted by Gasteiger charge is -2.13. The summed E-state index contributed by atoms with van der Waals surface area (Å²) in [5.41, 5.74) is 0.254. The van der Waals surface area contributed by atoms with Gasteiger partial charge in [0.25, 0.3) is 5.91 Å². The van der Waals surface area contributed by atoms with Gasteiger partial charge in [-0.1, -0.05) is 30.3 Å². The fourth-order valence-electron chi connectivity index (χ4n) is 2.16. The number of hydrogen-bond donors (Lipinski definition) is 1. The Balaban J connectivity index is 1.96. The Labute approximate surface area is 146 Å². The van der Waals surface area contributed by atoms with Crippen molar-refractivity contribution in [3.8, 4) is 11.5 Å². The van der Waals surface area contributed by atoms with Crippen LogP contribution < -0.4 is 10.1 Å². The second-order valence-corrected chi connectivity index (χ2v) is 5.41. The quantitative estimate of drug-likeness (QED) is 0.746. The molecule has 132 valence electrons. The van der Waals surface area contributed by atoms with Gasteiger partial charge < -0.3 is 19.5 Å². The van der Waals surface area contributed by atoms with Gasteiger partial charge in [-0.25, -0.2) is 4.79 Å². The first-order valence-electron chi connectivity index (χ1n) is 7.87. The number of esters is 1. The van der Waals surface area contributed by atoms with Crippen molar-refractivity contribution in [1.29, 1.82) is 0 Å². The highest BCUT2D eigenvalue weighted by Crippen LogP contribution is 2.25. The largest absolute Gasteiger partial charge is 0.456 e. The average molecular weight is 343 g/mol. The molecule has 0 unspecified atom stereocenters. The van der Waals surface area contributed by atoms with Crippen molar-refractivity contribution in [3.05, 3.63) is 60.2 Å². The van der Waals surface area contributed by atoms with Gasteiger partial charge in [-0.2, -0.15) is 0 Å². The van der Waals surface area contributed by atoms with Gasteiger partial charge in [0.2, 0.25) is 0 Å². The van der Waals surface area contributed by atoms with Gasteiger partial charge in [0.15, 0.2) is 6.61 Å². The van der Waals surface area contributed by atoms with Gasteiger partial charge in [-0.3, -0.25) is 4.79 Å². The van der Waals surface area contributed by atoms with Crippen molar-refractivity contribution in [3.63, 3.8) is 0 Å². The number of rotatable bonds is 8. The minimum Gasteiger partial charge on any atom is -0.456 e. The summed E-state index contributed by atoms with van der Waals surface area (Å²) in [5.74, 6) is -0.0406. The summed E-state index contributed by atoms with van der Waals surface area (Å²) in [6.07, 6.45) is 0. The summed E-state index contributed by atoms with van der Waals surface area (Å²) in [6.45, 7) is 1.81. The molecular formula is C19H21NO5. The van der Waals surface area contributed by atoms with Crippen LogP contribution in [0.2, 0.25) is 0 Å². The van der Waals surface area contributed by atoms with Crippen LogP contribution in [-0.2, 0) is 14.3 Å².